The maximum atomic E-state index is 12.9. The van der Waals surface area contributed by atoms with Crippen LogP contribution in [0.15, 0.2) is 29.2 Å². The van der Waals surface area contributed by atoms with Gasteiger partial charge >= 0.3 is 12.5 Å². The molecule has 1 saturated carbocycles. The van der Waals surface area contributed by atoms with Crippen molar-refractivity contribution in [2.75, 3.05) is 13.1 Å². The molecule has 1 N–H and O–H groups in total. The number of nitrogens with one attached hydrogen (secondary N) is 1. The van der Waals surface area contributed by atoms with Gasteiger partial charge in [0, 0.05) is 23.8 Å². The van der Waals surface area contributed by atoms with Gasteiger partial charge < -0.3 is 14.4 Å². The molecule has 1 aliphatic heterocycles. The molecule has 0 bridgehead atoms. The van der Waals surface area contributed by atoms with Crippen LogP contribution in [0.3, 0.4) is 0 Å². The van der Waals surface area contributed by atoms with Crippen LogP contribution >= 0.6 is 0 Å². The summed E-state index contributed by atoms with van der Waals surface area (Å²) in [6, 6.07) is 4.81. The number of rotatable bonds is 3. The second-order valence-corrected chi connectivity index (χ2v) is 10.8. The Morgan fingerprint density at radius 3 is 2.39 bits per heavy atom. The molecule has 1 heterocycles. The molecule has 1 aromatic carbocycles. The molecule has 2 fully saturated rings. The van der Waals surface area contributed by atoms with Crippen molar-refractivity contribution in [3.63, 3.8) is 0 Å². The van der Waals surface area contributed by atoms with Gasteiger partial charge in [-0.1, -0.05) is 6.07 Å². The number of benzene rings is 1. The third kappa shape index (κ3) is 4.37. The van der Waals surface area contributed by atoms with E-state index in [2.05, 4.69) is 4.74 Å². The highest BCUT2D eigenvalue weighted by molar-refractivity contribution is 7.93. The fourth-order valence-electron chi connectivity index (χ4n) is 3.67. The first-order valence-corrected chi connectivity index (χ1v) is 10.4. The molecule has 156 valence electrons. The molecule has 1 saturated heterocycles. The summed E-state index contributed by atoms with van der Waals surface area (Å²) in [5, 5.41) is -0.463. The summed E-state index contributed by atoms with van der Waals surface area (Å²) in [4.78, 5) is 13.6. The predicted molar refractivity (Wildman–Crippen MR) is 95.5 cm³/mol. The first-order valence-electron chi connectivity index (χ1n) is 8.81. The molecule has 1 aromatic rings. The Morgan fingerprint density at radius 2 is 1.86 bits per heavy atom. The molecule has 1 atom stereocenters. The van der Waals surface area contributed by atoms with Gasteiger partial charge in [-0.15, -0.1) is 13.2 Å². The number of likely N-dealkylation sites (tertiary alicyclic amines) is 1. The summed E-state index contributed by atoms with van der Waals surface area (Å²) in [7, 11) is -3.28. The Balaban J connectivity index is 1.60. The van der Waals surface area contributed by atoms with E-state index in [1.807, 2.05) is 0 Å². The number of hydrogen-bond acceptors (Lipinski definition) is 5. The van der Waals surface area contributed by atoms with Gasteiger partial charge in [0.1, 0.15) is 11.4 Å². The Bertz CT molecular complexity index is 864. The van der Waals surface area contributed by atoms with Crippen molar-refractivity contribution in [3.05, 3.63) is 24.3 Å². The van der Waals surface area contributed by atoms with Crippen LogP contribution in [0.2, 0.25) is 0 Å². The van der Waals surface area contributed by atoms with Gasteiger partial charge in [-0.05, 0) is 51.8 Å². The van der Waals surface area contributed by atoms with Gasteiger partial charge in [-0.25, -0.2) is 13.8 Å². The van der Waals surface area contributed by atoms with E-state index in [1.54, 1.807) is 25.7 Å². The number of hydrogen-bond donors (Lipinski definition) is 1. The van der Waals surface area contributed by atoms with Gasteiger partial charge in [-0.3, -0.25) is 0 Å². The van der Waals surface area contributed by atoms with Crippen LogP contribution in [0.25, 0.3) is 0 Å². The standard InChI is InChI=1S/C18H23F3N2O4S/c1-16(2,3)27-15(24)23-10-17(11-23)8-14(9-17)28(22,25)13-6-4-5-12(7-13)26-18(19,20)21/h4-7,14,22H,8-11H2,1-3H3. The zero-order valence-corrected chi connectivity index (χ0v) is 16.7. The molecule has 0 aromatic heterocycles. The lowest BCUT2D eigenvalue weighted by Crippen LogP contribution is -2.66. The summed E-state index contributed by atoms with van der Waals surface area (Å²) in [6.07, 6.45) is -4.28. The lowest BCUT2D eigenvalue weighted by molar-refractivity contribution is -0.274. The third-order valence-corrected chi connectivity index (χ3v) is 7.11. The van der Waals surface area contributed by atoms with Crippen LogP contribution in [0.5, 0.6) is 5.75 Å². The van der Waals surface area contributed by atoms with Gasteiger partial charge in [0.25, 0.3) is 0 Å². The molecule has 10 heteroatoms. The van der Waals surface area contributed by atoms with Crippen molar-refractivity contribution in [2.45, 2.75) is 55.7 Å². The highest BCUT2D eigenvalue weighted by Crippen LogP contribution is 2.52. The maximum absolute atomic E-state index is 12.9. The SMILES string of the molecule is CC(C)(C)OC(=O)N1CC2(CC(S(=N)(=O)c3cccc(OC(F)(F)F)c3)C2)C1. The quantitative estimate of drug-likeness (QED) is 0.787. The van der Waals surface area contributed by atoms with Gasteiger partial charge in [0.2, 0.25) is 0 Å². The second-order valence-electron chi connectivity index (χ2n) is 8.49. The zero-order valence-electron chi connectivity index (χ0n) is 15.8. The Labute approximate surface area is 162 Å². The summed E-state index contributed by atoms with van der Waals surface area (Å²) in [5.74, 6) is -0.487. The van der Waals surface area contributed by atoms with Crippen LogP contribution in [-0.2, 0) is 14.5 Å². The first kappa shape index (κ1) is 20.8. The molecule has 0 radical (unpaired) electrons. The number of carbonyl (C=O) groups is 1. The van der Waals surface area contributed by atoms with Crippen molar-refractivity contribution in [3.8, 4) is 5.75 Å². The highest BCUT2D eigenvalue weighted by atomic mass is 32.2. The lowest BCUT2D eigenvalue weighted by Gasteiger charge is -2.58. The summed E-state index contributed by atoms with van der Waals surface area (Å²) in [6.45, 7) is 6.30. The van der Waals surface area contributed by atoms with Gasteiger partial charge in [0.15, 0.2) is 0 Å². The molecule has 6 nitrogen and oxygen atoms in total. The van der Waals surface area contributed by atoms with Crippen LogP contribution in [0.4, 0.5) is 18.0 Å². The minimum absolute atomic E-state index is 0.0254. The smallest absolute Gasteiger partial charge is 0.444 e. The van der Waals surface area contributed by atoms with E-state index in [0.717, 1.165) is 12.1 Å². The van der Waals surface area contributed by atoms with Crippen molar-refractivity contribution in [1.29, 1.82) is 4.78 Å². The van der Waals surface area contributed by atoms with E-state index in [9.17, 15) is 22.2 Å². The molecule has 1 aliphatic carbocycles. The summed E-state index contributed by atoms with van der Waals surface area (Å²) < 4.78 is 67.5. The molecule has 1 unspecified atom stereocenters. The largest absolute Gasteiger partial charge is 0.573 e. The highest BCUT2D eigenvalue weighted by Gasteiger charge is 2.57. The fraction of sp³-hybridized carbons (Fsp3) is 0.611. The number of nitrogens with zero attached hydrogens (tertiary/aromatic N) is 1. The summed E-state index contributed by atoms with van der Waals surface area (Å²) in [5.41, 5.74) is -0.758. The van der Waals surface area contributed by atoms with Crippen molar-refractivity contribution in [1.82, 2.24) is 4.90 Å². The lowest BCUT2D eigenvalue weighted by atomic mass is 9.63. The number of amides is 1. The van der Waals surface area contributed by atoms with Crippen molar-refractivity contribution >= 4 is 15.8 Å². The van der Waals surface area contributed by atoms with E-state index in [1.165, 1.54) is 12.1 Å². The van der Waals surface area contributed by atoms with E-state index < -0.39 is 38.8 Å². The van der Waals surface area contributed by atoms with Crippen molar-refractivity contribution in [2.24, 2.45) is 5.41 Å². The zero-order chi connectivity index (χ0) is 21.0. The molecule has 3 rings (SSSR count). The number of carbonyl (C=O) groups excluding carboxylic acids is 1. The predicted octanol–water partition coefficient (Wildman–Crippen LogP) is 4.39. The summed E-state index contributed by atoms with van der Waals surface area (Å²) >= 11 is 0. The maximum Gasteiger partial charge on any atom is 0.573 e. The first-order chi connectivity index (χ1) is 12.7. The van der Waals surface area contributed by atoms with Gasteiger partial charge in [0.05, 0.1) is 14.6 Å². The van der Waals surface area contributed by atoms with E-state index >= 15 is 0 Å². The van der Waals surface area contributed by atoms with Crippen LogP contribution in [0.1, 0.15) is 33.6 Å². The fourth-order valence-corrected chi connectivity index (χ4v) is 5.80. The second kappa shape index (κ2) is 6.53. The molecule has 1 amide bonds. The topological polar surface area (TPSA) is 79.7 Å². The van der Waals surface area contributed by atoms with Crippen molar-refractivity contribution < 1.29 is 31.6 Å². The Hall–Kier alpha value is -1.97. The van der Waals surface area contributed by atoms with Crippen LogP contribution in [-0.4, -0.2) is 45.5 Å². The van der Waals surface area contributed by atoms with Crippen LogP contribution in [0, 0.1) is 10.2 Å². The third-order valence-electron chi connectivity index (χ3n) is 4.88. The molecule has 2 aliphatic rings. The number of alkyl halides is 3. The van der Waals surface area contributed by atoms with Gasteiger partial charge in [-0.2, -0.15) is 0 Å². The van der Waals surface area contributed by atoms with E-state index in [0.29, 0.717) is 25.9 Å². The van der Waals surface area contributed by atoms with E-state index in [-0.39, 0.29) is 10.3 Å². The minimum Gasteiger partial charge on any atom is -0.444 e. The average molecular weight is 420 g/mol. The number of ether oxygens (including phenoxy) is 2. The Kier molecular flexibility index (Phi) is 4.84. The molecule has 28 heavy (non-hydrogen) atoms. The Morgan fingerprint density at radius 1 is 1.25 bits per heavy atom. The number of halogens is 3. The molecule has 1 spiro atoms. The molecular formula is C18H23F3N2O4S. The average Bonchev–Trinajstić information content (AvgIpc) is 2.40. The van der Waals surface area contributed by atoms with Crippen LogP contribution < -0.4 is 4.74 Å². The van der Waals surface area contributed by atoms with E-state index in [4.69, 9.17) is 9.52 Å². The minimum atomic E-state index is -4.85. The molecular weight excluding hydrogens is 397 g/mol. The normalized spacial score (nSPS) is 21.4. The monoisotopic (exact) mass is 420 g/mol.